The first kappa shape index (κ1) is 13.9. The van der Waals surface area contributed by atoms with E-state index in [4.69, 9.17) is 10.5 Å². The van der Waals surface area contributed by atoms with Crippen molar-refractivity contribution in [1.29, 1.82) is 0 Å². The molecule has 0 radical (unpaired) electrons. The molecule has 1 aliphatic carbocycles. The average Bonchev–Trinajstić information content (AvgIpc) is 2.37. The predicted octanol–water partition coefficient (Wildman–Crippen LogP) is 2.03. The number of nitrogens with zero attached hydrogens (tertiary/aromatic N) is 1. The SMILES string of the molecule is COc1nc(NCC2(O)CCCC(C)C2)ccc1N. The van der Waals surface area contributed by atoms with Crippen LogP contribution in [-0.2, 0) is 0 Å². The second-order valence-electron chi connectivity index (χ2n) is 5.57. The number of rotatable bonds is 4. The lowest BCUT2D eigenvalue weighted by atomic mass is 9.79. The van der Waals surface area contributed by atoms with Crippen molar-refractivity contribution >= 4 is 11.5 Å². The van der Waals surface area contributed by atoms with Crippen molar-refractivity contribution < 1.29 is 9.84 Å². The summed E-state index contributed by atoms with van der Waals surface area (Å²) in [5.41, 5.74) is 5.60. The molecule has 0 spiro atoms. The Morgan fingerprint density at radius 1 is 1.58 bits per heavy atom. The zero-order valence-corrected chi connectivity index (χ0v) is 11.6. The standard InChI is InChI=1S/C14H23N3O2/c1-10-4-3-7-14(18,8-10)9-16-12-6-5-11(15)13(17-12)19-2/h5-6,10,18H,3-4,7-9,15H2,1-2H3,(H,16,17). The average molecular weight is 265 g/mol. The van der Waals surface area contributed by atoms with Crippen LogP contribution in [0.5, 0.6) is 5.88 Å². The highest BCUT2D eigenvalue weighted by Crippen LogP contribution is 2.32. The van der Waals surface area contributed by atoms with E-state index >= 15 is 0 Å². The molecule has 5 heteroatoms. The predicted molar refractivity (Wildman–Crippen MR) is 76.3 cm³/mol. The normalized spacial score (nSPS) is 27.0. The van der Waals surface area contributed by atoms with Gasteiger partial charge in [-0.3, -0.25) is 0 Å². The van der Waals surface area contributed by atoms with Gasteiger partial charge in [0.25, 0.3) is 0 Å². The summed E-state index contributed by atoms with van der Waals surface area (Å²) < 4.78 is 5.08. The number of pyridine rings is 1. The first-order chi connectivity index (χ1) is 9.02. The Kier molecular flexibility index (Phi) is 4.14. The van der Waals surface area contributed by atoms with Crippen molar-refractivity contribution in [3.05, 3.63) is 12.1 Å². The van der Waals surface area contributed by atoms with Gasteiger partial charge in [0.2, 0.25) is 5.88 Å². The Labute approximate surface area is 114 Å². The van der Waals surface area contributed by atoms with E-state index in [0.29, 0.717) is 29.8 Å². The van der Waals surface area contributed by atoms with E-state index in [9.17, 15) is 5.11 Å². The fourth-order valence-corrected chi connectivity index (χ4v) is 2.76. The molecule has 1 fully saturated rings. The third kappa shape index (κ3) is 3.50. The van der Waals surface area contributed by atoms with Gasteiger partial charge in [-0.1, -0.05) is 19.8 Å². The number of anilines is 2. The molecule has 0 amide bonds. The van der Waals surface area contributed by atoms with Gasteiger partial charge in [0, 0.05) is 6.54 Å². The molecule has 19 heavy (non-hydrogen) atoms. The number of aromatic nitrogens is 1. The highest BCUT2D eigenvalue weighted by molar-refractivity contribution is 5.53. The van der Waals surface area contributed by atoms with Crippen molar-refractivity contribution in [2.75, 3.05) is 24.7 Å². The Balaban J connectivity index is 1.98. The lowest BCUT2D eigenvalue weighted by Gasteiger charge is -2.35. The summed E-state index contributed by atoms with van der Waals surface area (Å²) in [5.74, 6) is 1.67. The molecule has 5 nitrogen and oxygen atoms in total. The summed E-state index contributed by atoms with van der Waals surface area (Å²) in [5, 5.41) is 13.7. The number of aliphatic hydroxyl groups is 1. The molecule has 2 atom stereocenters. The third-order valence-corrected chi connectivity index (χ3v) is 3.75. The van der Waals surface area contributed by atoms with Gasteiger partial charge in [-0.15, -0.1) is 0 Å². The summed E-state index contributed by atoms with van der Waals surface area (Å²) >= 11 is 0. The van der Waals surface area contributed by atoms with Crippen LogP contribution in [0, 0.1) is 5.92 Å². The van der Waals surface area contributed by atoms with Gasteiger partial charge in [0.15, 0.2) is 0 Å². The van der Waals surface area contributed by atoms with Crippen molar-refractivity contribution in [2.24, 2.45) is 5.92 Å². The van der Waals surface area contributed by atoms with Crippen LogP contribution >= 0.6 is 0 Å². The fourth-order valence-electron chi connectivity index (χ4n) is 2.76. The Morgan fingerprint density at radius 2 is 2.37 bits per heavy atom. The summed E-state index contributed by atoms with van der Waals surface area (Å²) in [6.07, 6.45) is 3.97. The smallest absolute Gasteiger partial charge is 0.238 e. The van der Waals surface area contributed by atoms with Gasteiger partial charge in [-0.2, -0.15) is 4.98 Å². The number of methoxy groups -OCH3 is 1. The molecule has 1 aromatic rings. The maximum absolute atomic E-state index is 10.5. The highest BCUT2D eigenvalue weighted by Gasteiger charge is 2.32. The topological polar surface area (TPSA) is 80.4 Å². The molecule has 0 saturated heterocycles. The Hall–Kier alpha value is -1.49. The first-order valence-corrected chi connectivity index (χ1v) is 6.79. The monoisotopic (exact) mass is 265 g/mol. The number of nitrogen functional groups attached to an aromatic ring is 1. The van der Waals surface area contributed by atoms with Crippen LogP contribution in [0.3, 0.4) is 0 Å². The van der Waals surface area contributed by atoms with Gasteiger partial charge in [-0.25, -0.2) is 0 Å². The summed E-state index contributed by atoms with van der Waals surface area (Å²) in [7, 11) is 1.54. The molecule has 0 aromatic carbocycles. The zero-order chi connectivity index (χ0) is 13.9. The second-order valence-corrected chi connectivity index (χ2v) is 5.57. The maximum atomic E-state index is 10.5. The summed E-state index contributed by atoms with van der Waals surface area (Å²) in [6.45, 7) is 2.70. The molecule has 106 valence electrons. The van der Waals surface area contributed by atoms with Crippen LogP contribution in [0.1, 0.15) is 32.6 Å². The molecule has 0 aliphatic heterocycles. The molecule has 2 unspecified atom stereocenters. The quantitative estimate of drug-likeness (QED) is 0.776. The number of nitrogens with two attached hydrogens (primary N) is 1. The van der Waals surface area contributed by atoms with Crippen LogP contribution in [-0.4, -0.2) is 29.3 Å². The van der Waals surface area contributed by atoms with Crippen molar-refractivity contribution in [2.45, 2.75) is 38.2 Å². The minimum Gasteiger partial charge on any atom is -0.479 e. The third-order valence-electron chi connectivity index (χ3n) is 3.75. The lowest BCUT2D eigenvalue weighted by molar-refractivity contribution is -0.000833. The van der Waals surface area contributed by atoms with E-state index in [-0.39, 0.29) is 0 Å². The van der Waals surface area contributed by atoms with E-state index in [2.05, 4.69) is 17.2 Å². The van der Waals surface area contributed by atoms with E-state index < -0.39 is 5.60 Å². The van der Waals surface area contributed by atoms with Crippen molar-refractivity contribution in [3.63, 3.8) is 0 Å². The molecular formula is C14H23N3O2. The minimum atomic E-state index is -0.631. The van der Waals surface area contributed by atoms with Gasteiger partial charge in [-0.05, 0) is 30.9 Å². The molecule has 1 heterocycles. The van der Waals surface area contributed by atoms with E-state index in [1.165, 1.54) is 6.42 Å². The maximum Gasteiger partial charge on any atom is 0.238 e. The number of hydrogen-bond donors (Lipinski definition) is 3. The van der Waals surface area contributed by atoms with Crippen LogP contribution < -0.4 is 15.8 Å². The van der Waals surface area contributed by atoms with E-state index in [1.807, 2.05) is 0 Å². The molecule has 4 N–H and O–H groups in total. The van der Waals surface area contributed by atoms with Crippen molar-refractivity contribution in [1.82, 2.24) is 4.98 Å². The summed E-state index contributed by atoms with van der Waals surface area (Å²) in [6, 6.07) is 3.55. The van der Waals surface area contributed by atoms with Crippen LogP contribution in [0.2, 0.25) is 0 Å². The molecular weight excluding hydrogens is 242 g/mol. The lowest BCUT2D eigenvalue weighted by Crippen LogP contribution is -2.41. The Bertz CT molecular complexity index is 439. The van der Waals surface area contributed by atoms with Gasteiger partial charge in [0.1, 0.15) is 5.82 Å². The largest absolute Gasteiger partial charge is 0.479 e. The number of hydrogen-bond acceptors (Lipinski definition) is 5. The summed E-state index contributed by atoms with van der Waals surface area (Å²) in [4.78, 5) is 4.26. The fraction of sp³-hybridized carbons (Fsp3) is 0.643. The molecule has 1 saturated carbocycles. The van der Waals surface area contributed by atoms with Crippen LogP contribution in [0.15, 0.2) is 12.1 Å². The first-order valence-electron chi connectivity index (χ1n) is 6.79. The molecule has 1 aliphatic rings. The Morgan fingerprint density at radius 3 is 3.05 bits per heavy atom. The van der Waals surface area contributed by atoms with Gasteiger partial charge >= 0.3 is 0 Å². The second kappa shape index (κ2) is 5.65. The highest BCUT2D eigenvalue weighted by atomic mass is 16.5. The minimum absolute atomic E-state index is 0.411. The van der Waals surface area contributed by atoms with E-state index in [0.717, 1.165) is 19.3 Å². The molecule has 2 rings (SSSR count). The van der Waals surface area contributed by atoms with Gasteiger partial charge in [0.05, 0.1) is 18.4 Å². The van der Waals surface area contributed by atoms with Crippen LogP contribution in [0.25, 0.3) is 0 Å². The molecule has 1 aromatic heterocycles. The van der Waals surface area contributed by atoms with Crippen molar-refractivity contribution in [3.8, 4) is 5.88 Å². The zero-order valence-electron chi connectivity index (χ0n) is 11.6. The van der Waals surface area contributed by atoms with E-state index in [1.54, 1.807) is 19.2 Å². The number of nitrogens with one attached hydrogen (secondary N) is 1. The van der Waals surface area contributed by atoms with Crippen LogP contribution in [0.4, 0.5) is 11.5 Å². The van der Waals surface area contributed by atoms with Gasteiger partial charge < -0.3 is 20.9 Å². The molecule has 0 bridgehead atoms. The number of ether oxygens (including phenoxy) is 1.